The quantitative estimate of drug-likeness (QED) is 0.0169. The van der Waals surface area contributed by atoms with Crippen LogP contribution in [0.3, 0.4) is 0 Å². The van der Waals surface area contributed by atoms with Crippen molar-refractivity contribution in [1.29, 1.82) is 0 Å². The lowest BCUT2D eigenvalue weighted by Gasteiger charge is -2.21. The fourth-order valence-corrected chi connectivity index (χ4v) is 12.5. The highest BCUT2D eigenvalue weighted by molar-refractivity contribution is 7.47. The minimum absolute atomic E-state index is 0.0696. The molecular formula is C89H150O17P2. The van der Waals surface area contributed by atoms with Gasteiger partial charge in [0.2, 0.25) is 0 Å². The lowest BCUT2D eigenvalue weighted by molar-refractivity contribution is -0.161. The van der Waals surface area contributed by atoms with Gasteiger partial charge in [-0.2, -0.15) is 0 Å². The van der Waals surface area contributed by atoms with Crippen molar-refractivity contribution in [3.05, 3.63) is 146 Å². The van der Waals surface area contributed by atoms with E-state index in [2.05, 4.69) is 161 Å². The summed E-state index contributed by atoms with van der Waals surface area (Å²) in [5, 5.41) is 10.7. The van der Waals surface area contributed by atoms with Crippen molar-refractivity contribution in [3.8, 4) is 0 Å². The maximum absolute atomic E-state index is 13.1. The topological polar surface area (TPSA) is 237 Å². The van der Waals surface area contributed by atoms with E-state index in [4.69, 9.17) is 37.0 Å². The Bertz CT molecular complexity index is 2610. The first-order valence-electron chi connectivity index (χ1n) is 42.1. The number of aliphatic hydroxyl groups excluding tert-OH is 1. The smallest absolute Gasteiger partial charge is 0.462 e. The van der Waals surface area contributed by atoms with E-state index in [1.807, 2.05) is 12.2 Å². The second kappa shape index (κ2) is 80.0. The Labute approximate surface area is 656 Å². The molecule has 5 atom stereocenters. The zero-order valence-electron chi connectivity index (χ0n) is 67.7. The van der Waals surface area contributed by atoms with Crippen LogP contribution in [-0.4, -0.2) is 96.7 Å². The molecular weight excluding hydrogens is 1400 g/mol. The van der Waals surface area contributed by atoms with Gasteiger partial charge >= 0.3 is 39.5 Å². The minimum Gasteiger partial charge on any atom is -0.462 e. The van der Waals surface area contributed by atoms with E-state index in [0.29, 0.717) is 32.1 Å². The van der Waals surface area contributed by atoms with Gasteiger partial charge in [-0.25, -0.2) is 9.13 Å². The molecule has 5 unspecified atom stereocenters. The van der Waals surface area contributed by atoms with Gasteiger partial charge in [-0.3, -0.25) is 37.3 Å². The number of unbranched alkanes of at least 4 members (excludes halogenated alkanes) is 28. The monoisotopic (exact) mass is 1550 g/mol. The van der Waals surface area contributed by atoms with Gasteiger partial charge in [-0.05, 0) is 161 Å². The molecule has 618 valence electrons. The van der Waals surface area contributed by atoms with Gasteiger partial charge in [0, 0.05) is 25.7 Å². The highest BCUT2D eigenvalue weighted by atomic mass is 31.2. The average Bonchev–Trinajstić information content (AvgIpc) is 0.906. The van der Waals surface area contributed by atoms with Crippen LogP contribution in [0, 0.1) is 0 Å². The molecule has 3 N–H and O–H groups in total. The van der Waals surface area contributed by atoms with Crippen LogP contribution < -0.4 is 0 Å². The SMILES string of the molecule is CC/C=C\C/C=C\C/C=C\C/C=C\C/C=C\CCCC(=O)OCC(COP(=O)(O)OCC(O)COP(=O)(O)OCC(COC(=O)CCCCCCCC/C=C\C/C=C\C/C=C\CCCCC)OC(=O)CCCCCCCCC/C=C\C/C=C\C/C=C\CC)OC(=O)CCCCCCC/C=C\CCCCCCCC. The fraction of sp³-hybridized carbons (Fsp3) is 0.685. The van der Waals surface area contributed by atoms with Gasteiger partial charge in [0.05, 0.1) is 26.4 Å². The molecule has 19 heteroatoms. The Morgan fingerprint density at radius 1 is 0.269 bits per heavy atom. The summed E-state index contributed by atoms with van der Waals surface area (Å²) in [6.07, 6.45) is 92.4. The highest BCUT2D eigenvalue weighted by Crippen LogP contribution is 2.45. The van der Waals surface area contributed by atoms with Crippen LogP contribution in [0.25, 0.3) is 0 Å². The third-order valence-corrected chi connectivity index (χ3v) is 19.2. The first-order valence-corrected chi connectivity index (χ1v) is 45.1. The van der Waals surface area contributed by atoms with Crippen molar-refractivity contribution in [1.82, 2.24) is 0 Å². The molecule has 0 aromatic carbocycles. The normalized spacial score (nSPS) is 14.5. The van der Waals surface area contributed by atoms with Gasteiger partial charge < -0.3 is 33.8 Å². The molecule has 0 aliphatic heterocycles. The van der Waals surface area contributed by atoms with Gasteiger partial charge in [-0.15, -0.1) is 0 Å². The number of ether oxygens (including phenoxy) is 4. The summed E-state index contributed by atoms with van der Waals surface area (Å²) in [5.41, 5.74) is 0. The Hall–Kier alpha value is -5.06. The molecule has 0 aliphatic carbocycles. The predicted octanol–water partition coefficient (Wildman–Crippen LogP) is 25.0. The molecule has 0 fully saturated rings. The van der Waals surface area contributed by atoms with Crippen molar-refractivity contribution in [2.75, 3.05) is 39.6 Å². The van der Waals surface area contributed by atoms with E-state index >= 15 is 0 Å². The van der Waals surface area contributed by atoms with E-state index in [0.717, 1.165) is 193 Å². The minimum atomic E-state index is -5.00. The second-order valence-corrected chi connectivity index (χ2v) is 30.6. The van der Waals surface area contributed by atoms with Crippen LogP contribution in [0.15, 0.2) is 146 Å². The molecule has 0 heterocycles. The number of hydrogen-bond acceptors (Lipinski definition) is 15. The molecule has 0 saturated heterocycles. The van der Waals surface area contributed by atoms with Gasteiger partial charge in [0.15, 0.2) is 12.2 Å². The molecule has 0 aromatic heterocycles. The summed E-state index contributed by atoms with van der Waals surface area (Å²) in [6.45, 7) is 4.55. The van der Waals surface area contributed by atoms with Gasteiger partial charge in [0.25, 0.3) is 0 Å². The Balaban J connectivity index is 5.44. The highest BCUT2D eigenvalue weighted by Gasteiger charge is 2.30. The standard InChI is InChI=1S/C89H150O17P2/c1-5-9-13-17-21-25-29-33-37-40-41-44-47-50-54-58-62-66-70-74-87(92)100-80-85(106-89(94)76-72-68-64-60-56-52-48-43-39-35-31-27-23-19-15-11-7-3)82-104-108(97,98)102-78-83(90)77-101-107(95,96)103-81-84(105-88(93)75-71-67-63-59-55-51-45-36-32-28-24-20-16-12-8-4)79-99-86(91)73-69-65-61-57-53-49-46-42-38-34-30-26-22-18-14-10-6-2/h10-11,14-15,21-23,25-27,33-39,41,44-46,49,57,61,83-85,90H,5-9,12-13,16-20,24,28-32,40,42-43,47-48,50-56,58-60,62-82H2,1-4H3,(H,95,96)(H,97,98)/b14-10-,15-11-,25-21-,26-22-,27-23-,37-33-,38-34-,39-35-,44-41-,45-36-,49-46-,61-57-. The van der Waals surface area contributed by atoms with Crippen LogP contribution in [-0.2, 0) is 65.4 Å². The summed E-state index contributed by atoms with van der Waals surface area (Å²) in [7, 11) is -10.00. The third-order valence-electron chi connectivity index (χ3n) is 17.3. The lowest BCUT2D eigenvalue weighted by Crippen LogP contribution is -2.30. The molecule has 0 bridgehead atoms. The van der Waals surface area contributed by atoms with E-state index < -0.39 is 97.5 Å². The second-order valence-electron chi connectivity index (χ2n) is 27.6. The Morgan fingerprint density at radius 3 is 0.806 bits per heavy atom. The van der Waals surface area contributed by atoms with E-state index in [1.54, 1.807) is 0 Å². The number of aliphatic hydroxyl groups is 1. The number of carbonyl (C=O) groups is 4. The Morgan fingerprint density at radius 2 is 0.491 bits per heavy atom. The van der Waals surface area contributed by atoms with Crippen LogP contribution in [0.4, 0.5) is 0 Å². The number of allylic oxidation sites excluding steroid dienone is 24. The Kier molecular flexibility index (Phi) is 76.3. The summed E-state index contributed by atoms with van der Waals surface area (Å²) >= 11 is 0. The zero-order valence-corrected chi connectivity index (χ0v) is 69.5. The lowest BCUT2D eigenvalue weighted by atomic mass is 10.1. The number of esters is 4. The molecule has 0 radical (unpaired) electrons. The summed E-state index contributed by atoms with van der Waals surface area (Å²) < 4.78 is 68.7. The first kappa shape index (κ1) is 103. The molecule has 0 aromatic rings. The molecule has 0 spiro atoms. The maximum Gasteiger partial charge on any atom is 0.472 e. The molecule has 0 saturated carbocycles. The summed E-state index contributed by atoms with van der Waals surface area (Å²) in [6, 6.07) is 0. The van der Waals surface area contributed by atoms with Crippen LogP contribution in [0.2, 0.25) is 0 Å². The number of hydrogen-bond donors (Lipinski definition) is 3. The van der Waals surface area contributed by atoms with Gasteiger partial charge in [-0.1, -0.05) is 296 Å². The predicted molar refractivity (Wildman–Crippen MR) is 445 cm³/mol. The maximum atomic E-state index is 13.1. The zero-order chi connectivity index (χ0) is 78.9. The van der Waals surface area contributed by atoms with Crippen molar-refractivity contribution >= 4 is 39.5 Å². The van der Waals surface area contributed by atoms with E-state index in [1.165, 1.54) is 57.8 Å². The summed E-state index contributed by atoms with van der Waals surface area (Å²) in [5.74, 6) is -2.27. The number of phosphoric acid groups is 2. The van der Waals surface area contributed by atoms with Crippen LogP contribution >= 0.6 is 15.6 Å². The largest absolute Gasteiger partial charge is 0.472 e. The van der Waals surface area contributed by atoms with Crippen LogP contribution in [0.5, 0.6) is 0 Å². The van der Waals surface area contributed by atoms with Gasteiger partial charge in [0.1, 0.15) is 19.3 Å². The number of carbonyl (C=O) groups excluding carboxylic acids is 4. The van der Waals surface area contributed by atoms with E-state index in [9.17, 15) is 43.2 Å². The van der Waals surface area contributed by atoms with Crippen LogP contribution in [0.1, 0.15) is 336 Å². The number of phosphoric ester groups is 2. The summed E-state index contributed by atoms with van der Waals surface area (Å²) in [4.78, 5) is 73.2. The van der Waals surface area contributed by atoms with Crippen molar-refractivity contribution in [2.45, 2.75) is 354 Å². The van der Waals surface area contributed by atoms with E-state index in [-0.39, 0.29) is 25.7 Å². The molecule has 0 aliphatic rings. The fourth-order valence-electron chi connectivity index (χ4n) is 10.9. The average molecular weight is 1550 g/mol. The molecule has 17 nitrogen and oxygen atoms in total. The molecule has 0 rings (SSSR count). The van der Waals surface area contributed by atoms with Crippen molar-refractivity contribution in [3.63, 3.8) is 0 Å². The first-order chi connectivity index (χ1) is 52.7. The number of rotatable bonds is 78. The van der Waals surface area contributed by atoms with Crippen molar-refractivity contribution in [2.24, 2.45) is 0 Å². The van der Waals surface area contributed by atoms with Crippen molar-refractivity contribution < 1.29 is 80.2 Å². The third kappa shape index (κ3) is 79.0. The molecule has 108 heavy (non-hydrogen) atoms. The molecule has 0 amide bonds.